The van der Waals surface area contributed by atoms with Gasteiger partial charge in [0, 0.05) is 26.1 Å². The summed E-state index contributed by atoms with van der Waals surface area (Å²) < 4.78 is 5.17. The third-order valence-corrected chi connectivity index (χ3v) is 4.09. The first-order valence-corrected chi connectivity index (χ1v) is 7.49. The Morgan fingerprint density at radius 2 is 2.05 bits per heavy atom. The maximum atomic E-state index is 12.3. The molecule has 110 valence electrons. The van der Waals surface area contributed by atoms with Gasteiger partial charge < -0.3 is 4.74 Å². The molecular weight excluding hydrogens is 250 g/mol. The predicted octanol–water partition coefficient (Wildman–Crippen LogP) is 2.55. The van der Waals surface area contributed by atoms with Gasteiger partial charge in [0.2, 0.25) is 0 Å². The van der Waals surface area contributed by atoms with Gasteiger partial charge in [-0.15, -0.1) is 0 Å². The van der Waals surface area contributed by atoms with Gasteiger partial charge in [0.05, 0.1) is 13.2 Å². The van der Waals surface area contributed by atoms with Crippen LogP contribution in [0, 0.1) is 5.92 Å². The maximum Gasteiger partial charge on any atom is 0.151 e. The lowest BCUT2D eigenvalue weighted by Crippen LogP contribution is -2.41. The van der Waals surface area contributed by atoms with E-state index in [-0.39, 0.29) is 0 Å². The van der Waals surface area contributed by atoms with Gasteiger partial charge in [-0.2, -0.15) is 0 Å². The lowest BCUT2D eigenvalue weighted by Gasteiger charge is -2.28. The molecule has 0 radical (unpaired) electrons. The van der Waals surface area contributed by atoms with Crippen molar-refractivity contribution in [1.29, 1.82) is 0 Å². The molecule has 1 aromatic carbocycles. The van der Waals surface area contributed by atoms with Crippen molar-refractivity contribution in [3.05, 3.63) is 35.9 Å². The maximum absolute atomic E-state index is 12.3. The number of Topliss-reactive ketones (excluding diaryl/α,β-unsaturated/α-hetero) is 1. The molecule has 0 aliphatic heterocycles. The summed E-state index contributed by atoms with van der Waals surface area (Å²) in [5.74, 6) is 1.07. The molecule has 3 nitrogen and oxygen atoms in total. The van der Waals surface area contributed by atoms with Crippen molar-refractivity contribution in [3.8, 4) is 0 Å². The molecule has 20 heavy (non-hydrogen) atoms. The van der Waals surface area contributed by atoms with Crippen LogP contribution in [0.3, 0.4) is 0 Å². The number of hydrogen-bond acceptors (Lipinski definition) is 3. The molecule has 0 aromatic heterocycles. The first kappa shape index (κ1) is 15.2. The summed E-state index contributed by atoms with van der Waals surface area (Å²) in [5.41, 5.74) is 1.10. The lowest BCUT2D eigenvalue weighted by atomic mass is 10.1. The molecule has 0 bridgehead atoms. The first-order chi connectivity index (χ1) is 9.70. The van der Waals surface area contributed by atoms with Gasteiger partial charge in [0.1, 0.15) is 0 Å². The van der Waals surface area contributed by atoms with E-state index < -0.39 is 0 Å². The van der Waals surface area contributed by atoms with Gasteiger partial charge in [-0.3, -0.25) is 9.69 Å². The SMILES string of the molecule is COCCN(CC(=O)Cc1ccccc1)C(C)C1CC1. The standard InChI is InChI=1S/C17H25NO2/c1-14(16-8-9-16)18(10-11-20-2)13-17(19)12-15-6-4-3-5-7-15/h3-7,14,16H,8-13H2,1-2H3. The van der Waals surface area contributed by atoms with Crippen LogP contribution in [0.1, 0.15) is 25.3 Å². The Morgan fingerprint density at radius 1 is 1.35 bits per heavy atom. The van der Waals surface area contributed by atoms with Gasteiger partial charge in [-0.05, 0) is 31.2 Å². The van der Waals surface area contributed by atoms with Gasteiger partial charge in [-0.25, -0.2) is 0 Å². The average Bonchev–Trinajstić information content (AvgIpc) is 3.28. The summed E-state index contributed by atoms with van der Waals surface area (Å²) in [6.07, 6.45) is 3.14. The number of carbonyl (C=O) groups is 1. The third-order valence-electron chi connectivity index (χ3n) is 4.09. The second kappa shape index (κ2) is 7.55. The fourth-order valence-electron chi connectivity index (χ4n) is 2.62. The van der Waals surface area contributed by atoms with E-state index in [1.807, 2.05) is 30.3 Å². The number of nitrogens with zero attached hydrogens (tertiary/aromatic N) is 1. The van der Waals surface area contributed by atoms with Crippen molar-refractivity contribution in [2.75, 3.05) is 26.8 Å². The lowest BCUT2D eigenvalue weighted by molar-refractivity contribution is -0.120. The highest BCUT2D eigenvalue weighted by molar-refractivity contribution is 5.82. The van der Waals surface area contributed by atoms with Crippen molar-refractivity contribution in [2.45, 2.75) is 32.2 Å². The largest absolute Gasteiger partial charge is 0.383 e. The zero-order valence-electron chi connectivity index (χ0n) is 12.5. The molecule has 1 aliphatic carbocycles. The van der Waals surface area contributed by atoms with E-state index in [2.05, 4.69) is 11.8 Å². The van der Waals surface area contributed by atoms with Crippen LogP contribution >= 0.6 is 0 Å². The highest BCUT2D eigenvalue weighted by atomic mass is 16.5. The quantitative estimate of drug-likeness (QED) is 0.693. The minimum atomic E-state index is 0.291. The van der Waals surface area contributed by atoms with E-state index in [9.17, 15) is 4.79 Å². The van der Waals surface area contributed by atoms with Crippen molar-refractivity contribution in [1.82, 2.24) is 4.90 Å². The molecule has 1 atom stereocenters. The molecule has 2 rings (SSSR count). The monoisotopic (exact) mass is 275 g/mol. The van der Waals surface area contributed by atoms with Crippen LogP contribution in [0.15, 0.2) is 30.3 Å². The molecule has 1 unspecified atom stereocenters. The normalized spacial score (nSPS) is 16.4. The molecule has 0 N–H and O–H groups in total. The summed E-state index contributed by atoms with van der Waals surface area (Å²) >= 11 is 0. The van der Waals surface area contributed by atoms with E-state index in [1.54, 1.807) is 7.11 Å². The van der Waals surface area contributed by atoms with Crippen LogP contribution in [-0.4, -0.2) is 43.5 Å². The van der Waals surface area contributed by atoms with Gasteiger partial charge in [0.15, 0.2) is 5.78 Å². The van der Waals surface area contributed by atoms with E-state index >= 15 is 0 Å². The summed E-state index contributed by atoms with van der Waals surface area (Å²) in [4.78, 5) is 14.5. The van der Waals surface area contributed by atoms with Crippen LogP contribution in [-0.2, 0) is 16.0 Å². The minimum absolute atomic E-state index is 0.291. The third kappa shape index (κ3) is 4.73. The number of hydrogen-bond donors (Lipinski definition) is 0. The topological polar surface area (TPSA) is 29.5 Å². The Kier molecular flexibility index (Phi) is 5.74. The van der Waals surface area contributed by atoms with Crippen molar-refractivity contribution in [2.24, 2.45) is 5.92 Å². The van der Waals surface area contributed by atoms with E-state index in [0.29, 0.717) is 31.4 Å². The Bertz CT molecular complexity index is 414. The molecule has 3 heteroatoms. The van der Waals surface area contributed by atoms with Gasteiger partial charge in [0.25, 0.3) is 0 Å². The second-order valence-corrected chi connectivity index (χ2v) is 5.74. The Balaban J connectivity index is 1.87. The smallest absolute Gasteiger partial charge is 0.151 e. The second-order valence-electron chi connectivity index (χ2n) is 5.74. The summed E-state index contributed by atoms with van der Waals surface area (Å²) in [6, 6.07) is 10.5. The molecular formula is C17H25NO2. The first-order valence-electron chi connectivity index (χ1n) is 7.49. The minimum Gasteiger partial charge on any atom is -0.383 e. The molecule has 1 aliphatic rings. The number of benzene rings is 1. The van der Waals surface area contributed by atoms with Crippen molar-refractivity contribution >= 4 is 5.78 Å². The fraction of sp³-hybridized carbons (Fsp3) is 0.588. The van der Waals surface area contributed by atoms with Crippen LogP contribution in [0.25, 0.3) is 0 Å². The van der Waals surface area contributed by atoms with Crippen LogP contribution in [0.2, 0.25) is 0 Å². The number of methoxy groups -OCH3 is 1. The molecule has 0 amide bonds. The molecule has 1 fully saturated rings. The van der Waals surface area contributed by atoms with Crippen molar-refractivity contribution < 1.29 is 9.53 Å². The highest BCUT2D eigenvalue weighted by Gasteiger charge is 2.32. The Morgan fingerprint density at radius 3 is 2.65 bits per heavy atom. The summed E-state index contributed by atoms with van der Waals surface area (Å²) in [7, 11) is 1.71. The van der Waals surface area contributed by atoms with E-state index in [1.165, 1.54) is 12.8 Å². The number of ether oxygens (including phenoxy) is 1. The van der Waals surface area contributed by atoms with Crippen LogP contribution in [0.4, 0.5) is 0 Å². The molecule has 0 saturated heterocycles. The Labute approximate surface area is 121 Å². The highest BCUT2D eigenvalue weighted by Crippen LogP contribution is 2.35. The van der Waals surface area contributed by atoms with Crippen LogP contribution in [0.5, 0.6) is 0 Å². The van der Waals surface area contributed by atoms with Gasteiger partial charge in [-0.1, -0.05) is 30.3 Å². The summed E-state index contributed by atoms with van der Waals surface area (Å²) in [5, 5.41) is 0. The van der Waals surface area contributed by atoms with E-state index in [0.717, 1.165) is 18.0 Å². The van der Waals surface area contributed by atoms with Gasteiger partial charge >= 0.3 is 0 Å². The number of carbonyl (C=O) groups excluding carboxylic acids is 1. The number of rotatable bonds is 9. The van der Waals surface area contributed by atoms with E-state index in [4.69, 9.17) is 4.74 Å². The predicted molar refractivity (Wildman–Crippen MR) is 80.8 cm³/mol. The molecule has 0 spiro atoms. The fourth-order valence-corrected chi connectivity index (χ4v) is 2.62. The molecule has 1 saturated carbocycles. The van der Waals surface area contributed by atoms with Crippen molar-refractivity contribution in [3.63, 3.8) is 0 Å². The molecule has 1 aromatic rings. The molecule has 0 heterocycles. The Hall–Kier alpha value is -1.19. The zero-order valence-corrected chi connectivity index (χ0v) is 12.5. The number of ketones is 1. The van der Waals surface area contributed by atoms with Crippen LogP contribution < -0.4 is 0 Å². The average molecular weight is 275 g/mol. The summed E-state index contributed by atoms with van der Waals surface area (Å²) in [6.45, 7) is 4.31. The zero-order chi connectivity index (χ0) is 14.4.